The highest BCUT2D eigenvalue weighted by Crippen LogP contribution is 2.34. The van der Waals surface area contributed by atoms with Gasteiger partial charge in [-0.25, -0.2) is 5.06 Å². The van der Waals surface area contributed by atoms with Crippen LogP contribution in [-0.4, -0.2) is 77.8 Å². The molecule has 2 aliphatic heterocycles. The number of carbonyl (C=O) groups excluding carboxylic acids is 2. The van der Waals surface area contributed by atoms with E-state index in [-0.39, 0.29) is 17.9 Å². The van der Waals surface area contributed by atoms with Crippen molar-refractivity contribution in [3.05, 3.63) is 35.9 Å². The molecule has 1 spiro atoms. The molecule has 0 bridgehead atoms. The second-order valence-electron chi connectivity index (χ2n) is 7.92. The average Bonchev–Trinajstić information content (AvgIpc) is 3.11. The number of aliphatic hydroxyl groups is 1. The number of hydrogen-bond acceptors (Lipinski definition) is 6. The predicted octanol–water partition coefficient (Wildman–Crippen LogP) is -0.122. The highest BCUT2D eigenvalue weighted by molar-refractivity contribution is 5.92. The van der Waals surface area contributed by atoms with E-state index in [0.29, 0.717) is 19.7 Å². The van der Waals surface area contributed by atoms with Crippen LogP contribution in [0.1, 0.15) is 25.3 Å². The molecule has 0 aliphatic carbocycles. The number of hydrogen-bond donors (Lipinski definition) is 3. The maximum atomic E-state index is 12.6. The van der Waals surface area contributed by atoms with Crippen molar-refractivity contribution < 1.29 is 19.5 Å². The number of nitrogens with zero attached hydrogens (tertiary/aromatic N) is 2. The van der Waals surface area contributed by atoms with Crippen molar-refractivity contribution in [3.63, 3.8) is 0 Å². The predicted molar refractivity (Wildman–Crippen MR) is 104 cm³/mol. The molecule has 0 radical (unpaired) electrons. The standard InChI is InChI=1S/C20H30N4O4/c1-14(25)17(18(26)23(2)3)21-11-16-9-10-20(22-16)13-24(19(20)27)28-12-15-7-5-4-6-8-15/h4-8,14,16-17,21-22,25H,9-13H2,1-3H3/t14-,16?,17+,20?/m1/s1. The Balaban J connectivity index is 1.46. The Morgan fingerprint density at radius 3 is 2.75 bits per heavy atom. The van der Waals surface area contributed by atoms with Crippen molar-refractivity contribution in [2.75, 3.05) is 27.2 Å². The molecule has 1 aromatic carbocycles. The minimum atomic E-state index is -0.794. The maximum absolute atomic E-state index is 12.6. The zero-order valence-electron chi connectivity index (χ0n) is 16.7. The summed E-state index contributed by atoms with van der Waals surface area (Å²) in [6.07, 6.45) is 0.774. The summed E-state index contributed by atoms with van der Waals surface area (Å²) < 4.78 is 0. The first-order valence-electron chi connectivity index (χ1n) is 9.71. The van der Waals surface area contributed by atoms with E-state index in [4.69, 9.17) is 4.84 Å². The quantitative estimate of drug-likeness (QED) is 0.536. The molecular formula is C20H30N4O4. The van der Waals surface area contributed by atoms with Crippen molar-refractivity contribution in [1.29, 1.82) is 0 Å². The van der Waals surface area contributed by atoms with Gasteiger partial charge in [0.2, 0.25) is 5.91 Å². The second kappa shape index (κ2) is 8.57. The van der Waals surface area contributed by atoms with Crippen LogP contribution in [0.25, 0.3) is 0 Å². The van der Waals surface area contributed by atoms with Crippen LogP contribution in [-0.2, 0) is 21.0 Å². The van der Waals surface area contributed by atoms with Crippen LogP contribution in [0.3, 0.4) is 0 Å². The molecule has 1 aromatic rings. The van der Waals surface area contributed by atoms with Gasteiger partial charge in [0.15, 0.2) is 0 Å². The summed E-state index contributed by atoms with van der Waals surface area (Å²) in [7, 11) is 3.33. The molecule has 2 saturated heterocycles. The van der Waals surface area contributed by atoms with Crippen LogP contribution in [0.15, 0.2) is 30.3 Å². The summed E-state index contributed by atoms with van der Waals surface area (Å²) in [5.41, 5.74) is 0.460. The van der Waals surface area contributed by atoms with Gasteiger partial charge in [-0.3, -0.25) is 19.7 Å². The smallest absolute Gasteiger partial charge is 0.268 e. The number of β-lactam (4-membered cyclic amide) rings is 1. The lowest BCUT2D eigenvalue weighted by Crippen LogP contribution is -2.72. The monoisotopic (exact) mass is 390 g/mol. The van der Waals surface area contributed by atoms with Gasteiger partial charge in [0, 0.05) is 26.7 Å². The molecule has 154 valence electrons. The Kier molecular flexibility index (Phi) is 6.34. The molecule has 0 saturated carbocycles. The third kappa shape index (κ3) is 4.35. The van der Waals surface area contributed by atoms with Crippen LogP contribution in [0.2, 0.25) is 0 Å². The van der Waals surface area contributed by atoms with Gasteiger partial charge < -0.3 is 15.3 Å². The fourth-order valence-corrected chi connectivity index (χ4v) is 3.78. The third-order valence-corrected chi connectivity index (χ3v) is 5.45. The normalized spacial score (nSPS) is 26.2. The molecule has 2 aliphatic rings. The van der Waals surface area contributed by atoms with Gasteiger partial charge in [-0.15, -0.1) is 0 Å². The van der Waals surface area contributed by atoms with E-state index in [1.165, 1.54) is 9.96 Å². The van der Waals surface area contributed by atoms with Crippen LogP contribution < -0.4 is 10.6 Å². The Morgan fingerprint density at radius 1 is 1.43 bits per heavy atom. The minimum absolute atomic E-state index is 0.0395. The fourth-order valence-electron chi connectivity index (χ4n) is 3.78. The molecule has 4 atom stereocenters. The fraction of sp³-hybridized carbons (Fsp3) is 0.600. The highest BCUT2D eigenvalue weighted by Gasteiger charge is 2.56. The molecule has 28 heavy (non-hydrogen) atoms. The van der Waals surface area contributed by atoms with Gasteiger partial charge in [-0.05, 0) is 25.3 Å². The lowest BCUT2D eigenvalue weighted by molar-refractivity contribution is -0.231. The van der Waals surface area contributed by atoms with E-state index >= 15 is 0 Å². The number of rotatable bonds is 8. The summed E-state index contributed by atoms with van der Waals surface area (Å²) in [6.45, 7) is 3.00. The van der Waals surface area contributed by atoms with Crippen molar-refractivity contribution >= 4 is 11.8 Å². The minimum Gasteiger partial charge on any atom is -0.391 e. The molecule has 2 fully saturated rings. The average molecular weight is 390 g/mol. The topological polar surface area (TPSA) is 94.1 Å². The first kappa shape index (κ1) is 20.7. The number of hydroxylamine groups is 2. The van der Waals surface area contributed by atoms with Crippen LogP contribution in [0.5, 0.6) is 0 Å². The van der Waals surface area contributed by atoms with E-state index in [1.54, 1.807) is 21.0 Å². The van der Waals surface area contributed by atoms with E-state index in [0.717, 1.165) is 18.4 Å². The highest BCUT2D eigenvalue weighted by atomic mass is 16.7. The van der Waals surface area contributed by atoms with Crippen molar-refractivity contribution in [2.45, 2.75) is 50.1 Å². The largest absolute Gasteiger partial charge is 0.391 e. The molecule has 3 rings (SSSR count). The number of amides is 2. The number of likely N-dealkylation sites (N-methyl/N-ethyl adjacent to an activating group) is 1. The number of nitrogens with one attached hydrogen (secondary N) is 2. The third-order valence-electron chi connectivity index (χ3n) is 5.45. The number of benzene rings is 1. The first-order valence-corrected chi connectivity index (χ1v) is 9.71. The SMILES string of the molecule is C[C@@H](O)[C@H](NCC1CCC2(CN(OCc3ccccc3)C2=O)N1)C(=O)N(C)C. The lowest BCUT2D eigenvalue weighted by atomic mass is 9.89. The van der Waals surface area contributed by atoms with Gasteiger partial charge in [0.1, 0.15) is 18.2 Å². The van der Waals surface area contributed by atoms with Gasteiger partial charge in [-0.1, -0.05) is 30.3 Å². The van der Waals surface area contributed by atoms with Gasteiger partial charge in [0.25, 0.3) is 5.91 Å². The molecule has 3 N–H and O–H groups in total. The van der Waals surface area contributed by atoms with Crippen molar-refractivity contribution in [2.24, 2.45) is 0 Å². The first-order chi connectivity index (χ1) is 13.3. The van der Waals surface area contributed by atoms with Crippen LogP contribution in [0, 0.1) is 0 Å². The molecule has 2 amide bonds. The number of aliphatic hydroxyl groups excluding tert-OH is 1. The van der Waals surface area contributed by atoms with E-state index in [9.17, 15) is 14.7 Å². The Labute approximate surface area is 165 Å². The summed E-state index contributed by atoms with van der Waals surface area (Å²) >= 11 is 0. The van der Waals surface area contributed by atoms with Crippen LogP contribution in [0.4, 0.5) is 0 Å². The Morgan fingerprint density at radius 2 is 2.14 bits per heavy atom. The van der Waals surface area contributed by atoms with Crippen molar-refractivity contribution in [3.8, 4) is 0 Å². The number of carbonyl (C=O) groups is 2. The van der Waals surface area contributed by atoms with Crippen molar-refractivity contribution in [1.82, 2.24) is 20.6 Å². The lowest BCUT2D eigenvalue weighted by Gasteiger charge is -2.45. The zero-order valence-corrected chi connectivity index (χ0v) is 16.7. The maximum Gasteiger partial charge on any atom is 0.268 e. The molecule has 8 heteroatoms. The summed E-state index contributed by atoms with van der Waals surface area (Å²) in [6, 6.07) is 9.16. The molecule has 8 nitrogen and oxygen atoms in total. The Bertz CT molecular complexity index is 697. The van der Waals surface area contributed by atoms with E-state index < -0.39 is 17.7 Å². The van der Waals surface area contributed by atoms with E-state index in [2.05, 4.69) is 10.6 Å². The van der Waals surface area contributed by atoms with Crippen LogP contribution >= 0.6 is 0 Å². The van der Waals surface area contributed by atoms with Gasteiger partial charge >= 0.3 is 0 Å². The second-order valence-corrected chi connectivity index (χ2v) is 7.92. The molecule has 0 aromatic heterocycles. The molecular weight excluding hydrogens is 360 g/mol. The summed E-state index contributed by atoms with van der Waals surface area (Å²) in [5.74, 6) is -0.203. The summed E-state index contributed by atoms with van der Waals surface area (Å²) in [5, 5.41) is 17.9. The molecule has 2 heterocycles. The Hall–Kier alpha value is -2.00. The molecule has 2 unspecified atom stereocenters. The zero-order chi connectivity index (χ0) is 20.3. The van der Waals surface area contributed by atoms with Gasteiger partial charge in [0.05, 0.1) is 12.6 Å². The van der Waals surface area contributed by atoms with E-state index in [1.807, 2.05) is 30.3 Å². The summed E-state index contributed by atoms with van der Waals surface area (Å²) in [4.78, 5) is 31.9. The van der Waals surface area contributed by atoms with Gasteiger partial charge in [-0.2, -0.15) is 0 Å².